The van der Waals surface area contributed by atoms with Crippen LogP contribution in [0.15, 0.2) is 30.3 Å². The lowest BCUT2D eigenvalue weighted by Gasteiger charge is -2.27. The molecular formula is C18H18N2O5S. The van der Waals surface area contributed by atoms with Crippen LogP contribution >= 0.6 is 11.3 Å². The molecular weight excluding hydrogens is 356 g/mol. The summed E-state index contributed by atoms with van der Waals surface area (Å²) in [7, 11) is 0. The van der Waals surface area contributed by atoms with E-state index in [0.717, 1.165) is 11.3 Å². The van der Waals surface area contributed by atoms with Gasteiger partial charge in [0.1, 0.15) is 4.88 Å². The molecule has 1 aromatic carbocycles. The number of ether oxygens (including phenoxy) is 1. The van der Waals surface area contributed by atoms with Crippen LogP contribution < -0.4 is 5.32 Å². The number of anilines is 1. The number of carboxylic acids is 1. The average molecular weight is 374 g/mol. The minimum atomic E-state index is -1.07. The lowest BCUT2D eigenvalue weighted by molar-refractivity contribution is 0.0302. The molecule has 2 aromatic rings. The third-order valence-corrected chi connectivity index (χ3v) is 5.22. The summed E-state index contributed by atoms with van der Waals surface area (Å²) in [6.07, 6.45) is 0. The lowest BCUT2D eigenvalue weighted by Crippen LogP contribution is -2.41. The van der Waals surface area contributed by atoms with E-state index in [9.17, 15) is 14.4 Å². The summed E-state index contributed by atoms with van der Waals surface area (Å²) in [6, 6.07) is 8.04. The summed E-state index contributed by atoms with van der Waals surface area (Å²) in [5.41, 5.74) is 1.73. The molecule has 0 spiro atoms. The van der Waals surface area contributed by atoms with E-state index in [1.165, 1.54) is 12.1 Å². The molecule has 3 rings (SSSR count). The van der Waals surface area contributed by atoms with E-state index in [0.29, 0.717) is 48.0 Å². The van der Waals surface area contributed by atoms with Gasteiger partial charge in [-0.1, -0.05) is 6.07 Å². The Morgan fingerprint density at radius 2 is 1.81 bits per heavy atom. The van der Waals surface area contributed by atoms with Crippen LogP contribution in [0.5, 0.6) is 0 Å². The molecule has 1 aliphatic rings. The fourth-order valence-corrected chi connectivity index (χ4v) is 3.44. The Kier molecular flexibility index (Phi) is 5.34. The first kappa shape index (κ1) is 18.1. The highest BCUT2D eigenvalue weighted by Crippen LogP contribution is 2.23. The van der Waals surface area contributed by atoms with Crippen molar-refractivity contribution in [2.24, 2.45) is 0 Å². The van der Waals surface area contributed by atoms with Crippen LogP contribution in [0.25, 0.3) is 0 Å². The third kappa shape index (κ3) is 3.76. The zero-order chi connectivity index (χ0) is 18.7. The summed E-state index contributed by atoms with van der Waals surface area (Å²) in [5, 5.41) is 11.7. The quantitative estimate of drug-likeness (QED) is 0.857. The molecule has 0 atom stereocenters. The molecule has 26 heavy (non-hydrogen) atoms. The normalized spacial score (nSPS) is 14.1. The summed E-state index contributed by atoms with van der Waals surface area (Å²) >= 11 is 0.907. The number of carbonyl (C=O) groups is 3. The number of thiophene rings is 1. The SMILES string of the molecule is Cc1c(NC(=O)c2ccc(C(=O)O)s2)cccc1C(=O)N1CCOCC1. The fraction of sp³-hybridized carbons (Fsp3) is 0.278. The van der Waals surface area contributed by atoms with E-state index in [2.05, 4.69) is 5.32 Å². The molecule has 1 saturated heterocycles. The van der Waals surface area contributed by atoms with Gasteiger partial charge in [0.05, 0.1) is 18.1 Å². The number of aromatic carboxylic acids is 1. The van der Waals surface area contributed by atoms with Crippen molar-refractivity contribution in [1.29, 1.82) is 0 Å². The van der Waals surface area contributed by atoms with Crippen LogP contribution in [0.1, 0.15) is 35.3 Å². The van der Waals surface area contributed by atoms with Gasteiger partial charge < -0.3 is 20.1 Å². The molecule has 0 saturated carbocycles. The van der Waals surface area contributed by atoms with Gasteiger partial charge >= 0.3 is 5.97 Å². The molecule has 0 aliphatic carbocycles. The first-order chi connectivity index (χ1) is 12.5. The molecule has 0 bridgehead atoms. The zero-order valence-electron chi connectivity index (χ0n) is 14.2. The topological polar surface area (TPSA) is 95.9 Å². The Bertz CT molecular complexity index is 855. The molecule has 7 nitrogen and oxygen atoms in total. The Morgan fingerprint density at radius 3 is 2.46 bits per heavy atom. The second-order valence-electron chi connectivity index (χ2n) is 5.81. The summed E-state index contributed by atoms with van der Waals surface area (Å²) in [5.74, 6) is -1.56. The highest BCUT2D eigenvalue weighted by atomic mass is 32.1. The highest BCUT2D eigenvalue weighted by molar-refractivity contribution is 7.15. The first-order valence-electron chi connectivity index (χ1n) is 8.08. The highest BCUT2D eigenvalue weighted by Gasteiger charge is 2.21. The summed E-state index contributed by atoms with van der Waals surface area (Å²) in [6.45, 7) is 3.90. The van der Waals surface area contributed by atoms with Crippen molar-refractivity contribution in [3.63, 3.8) is 0 Å². The van der Waals surface area contributed by atoms with Crippen molar-refractivity contribution >= 4 is 34.8 Å². The molecule has 1 fully saturated rings. The number of carbonyl (C=O) groups excluding carboxylic acids is 2. The molecule has 2 N–H and O–H groups in total. The van der Waals surface area contributed by atoms with Gasteiger partial charge in [0.2, 0.25) is 0 Å². The molecule has 0 unspecified atom stereocenters. The number of nitrogens with one attached hydrogen (secondary N) is 1. The molecule has 8 heteroatoms. The van der Waals surface area contributed by atoms with Crippen LogP contribution in [0.2, 0.25) is 0 Å². The Labute approximate surface area is 154 Å². The van der Waals surface area contributed by atoms with Crippen LogP contribution in [0, 0.1) is 6.92 Å². The number of rotatable bonds is 4. The van der Waals surface area contributed by atoms with E-state index in [1.807, 2.05) is 0 Å². The maximum Gasteiger partial charge on any atom is 0.345 e. The van der Waals surface area contributed by atoms with Gasteiger partial charge in [-0.05, 0) is 36.8 Å². The van der Waals surface area contributed by atoms with Gasteiger partial charge in [-0.2, -0.15) is 0 Å². The molecule has 2 heterocycles. The van der Waals surface area contributed by atoms with Crippen molar-refractivity contribution in [2.75, 3.05) is 31.6 Å². The van der Waals surface area contributed by atoms with Crippen molar-refractivity contribution in [1.82, 2.24) is 4.90 Å². The minimum Gasteiger partial charge on any atom is -0.477 e. The summed E-state index contributed by atoms with van der Waals surface area (Å²) in [4.78, 5) is 38.2. The molecule has 1 aromatic heterocycles. The number of amides is 2. The number of benzene rings is 1. The second kappa shape index (κ2) is 7.67. The number of hydrogen-bond donors (Lipinski definition) is 2. The maximum absolute atomic E-state index is 12.7. The monoisotopic (exact) mass is 374 g/mol. The number of nitrogens with zero attached hydrogens (tertiary/aromatic N) is 1. The largest absolute Gasteiger partial charge is 0.477 e. The van der Waals surface area contributed by atoms with Gasteiger partial charge in [0.25, 0.3) is 11.8 Å². The van der Waals surface area contributed by atoms with Gasteiger partial charge in [-0.25, -0.2) is 4.79 Å². The number of morpholine rings is 1. The smallest absolute Gasteiger partial charge is 0.345 e. The van der Waals surface area contributed by atoms with Crippen molar-refractivity contribution in [3.05, 3.63) is 51.2 Å². The van der Waals surface area contributed by atoms with Gasteiger partial charge in [0.15, 0.2) is 0 Å². The zero-order valence-corrected chi connectivity index (χ0v) is 15.0. The van der Waals surface area contributed by atoms with Crippen LogP contribution in [0.3, 0.4) is 0 Å². The third-order valence-electron chi connectivity index (χ3n) is 4.15. The summed E-state index contributed by atoms with van der Waals surface area (Å²) < 4.78 is 5.27. The van der Waals surface area contributed by atoms with Crippen LogP contribution in [-0.4, -0.2) is 54.1 Å². The van der Waals surface area contributed by atoms with Crippen molar-refractivity contribution in [2.45, 2.75) is 6.92 Å². The molecule has 2 amide bonds. The van der Waals surface area contributed by atoms with Gasteiger partial charge in [0, 0.05) is 24.3 Å². The van der Waals surface area contributed by atoms with E-state index in [4.69, 9.17) is 9.84 Å². The predicted octanol–water partition coefficient (Wildman–Crippen LogP) is 2.48. The van der Waals surface area contributed by atoms with Crippen molar-refractivity contribution < 1.29 is 24.2 Å². The van der Waals surface area contributed by atoms with Crippen LogP contribution in [0.4, 0.5) is 5.69 Å². The Morgan fingerprint density at radius 1 is 1.12 bits per heavy atom. The standard InChI is InChI=1S/C18H18N2O5S/c1-11-12(17(22)20-7-9-25-10-8-20)3-2-4-13(11)19-16(21)14-5-6-15(26-14)18(23)24/h2-6H,7-10H2,1H3,(H,19,21)(H,23,24). The van der Waals surface area contributed by atoms with E-state index >= 15 is 0 Å². The fourth-order valence-electron chi connectivity index (χ4n) is 2.70. The maximum atomic E-state index is 12.7. The van der Waals surface area contributed by atoms with E-state index in [1.54, 1.807) is 30.0 Å². The molecule has 1 aliphatic heterocycles. The molecule has 0 radical (unpaired) electrons. The van der Waals surface area contributed by atoms with Crippen molar-refractivity contribution in [3.8, 4) is 0 Å². The van der Waals surface area contributed by atoms with E-state index < -0.39 is 11.9 Å². The Balaban J connectivity index is 1.79. The number of carboxylic acid groups (broad SMARTS) is 1. The number of hydrogen-bond acceptors (Lipinski definition) is 5. The lowest BCUT2D eigenvalue weighted by atomic mass is 10.0. The average Bonchev–Trinajstić information content (AvgIpc) is 3.14. The second-order valence-corrected chi connectivity index (χ2v) is 6.89. The van der Waals surface area contributed by atoms with Crippen LogP contribution in [-0.2, 0) is 4.74 Å². The molecule has 136 valence electrons. The van der Waals surface area contributed by atoms with Gasteiger partial charge in [-0.15, -0.1) is 11.3 Å². The van der Waals surface area contributed by atoms with Gasteiger partial charge in [-0.3, -0.25) is 9.59 Å². The Hall–Kier alpha value is -2.71. The minimum absolute atomic E-state index is 0.0915. The first-order valence-corrected chi connectivity index (χ1v) is 8.90. The van der Waals surface area contributed by atoms with E-state index in [-0.39, 0.29) is 10.8 Å². The predicted molar refractivity (Wildman–Crippen MR) is 97.1 cm³/mol.